The van der Waals surface area contributed by atoms with E-state index in [4.69, 9.17) is 10.5 Å². The first-order valence-electron chi connectivity index (χ1n) is 5.95. The molecule has 0 spiro atoms. The molecule has 0 aliphatic rings. The molecule has 0 saturated heterocycles. The molecule has 3 heteroatoms. The summed E-state index contributed by atoms with van der Waals surface area (Å²) in [5, 5.41) is 17.5. The van der Waals surface area contributed by atoms with Crippen LogP contribution in [0.5, 0.6) is 0 Å². The van der Waals surface area contributed by atoms with Gasteiger partial charge in [0, 0.05) is 5.56 Å². The summed E-state index contributed by atoms with van der Waals surface area (Å²) in [5.41, 5.74) is 2.40. The van der Waals surface area contributed by atoms with Gasteiger partial charge in [0.05, 0.1) is 23.3 Å². The second-order valence-electron chi connectivity index (χ2n) is 4.12. The van der Waals surface area contributed by atoms with Crippen molar-refractivity contribution in [3.05, 3.63) is 76.9 Å². The summed E-state index contributed by atoms with van der Waals surface area (Å²) < 4.78 is 0. The number of ketones is 1. The van der Waals surface area contributed by atoms with E-state index >= 15 is 0 Å². The second kappa shape index (κ2) is 6.13. The largest absolute Gasteiger partial charge is 0.289 e. The average Bonchev–Trinajstić information content (AvgIpc) is 2.53. The second-order valence-corrected chi connectivity index (χ2v) is 4.12. The average molecular weight is 258 g/mol. The molecular weight excluding hydrogens is 248 g/mol. The predicted molar refractivity (Wildman–Crippen MR) is 75.7 cm³/mol. The Labute approximate surface area is 117 Å². The lowest BCUT2D eigenvalue weighted by molar-refractivity contribution is 0.104. The van der Waals surface area contributed by atoms with Gasteiger partial charge < -0.3 is 0 Å². The van der Waals surface area contributed by atoms with Crippen molar-refractivity contribution < 1.29 is 4.79 Å². The number of nitriles is 2. The lowest BCUT2D eigenvalue weighted by Gasteiger charge is -1.96. The SMILES string of the molecule is N#Cc1ccc(C(=O)/C=C/c2cccc(C#N)c2)cc1. The number of carbonyl (C=O) groups excluding carboxylic acids is 1. The van der Waals surface area contributed by atoms with Crippen molar-refractivity contribution in [2.24, 2.45) is 0 Å². The minimum absolute atomic E-state index is 0.142. The summed E-state index contributed by atoms with van der Waals surface area (Å²) in [4.78, 5) is 11.9. The van der Waals surface area contributed by atoms with Crippen molar-refractivity contribution in [3.63, 3.8) is 0 Å². The Morgan fingerprint density at radius 1 is 0.950 bits per heavy atom. The van der Waals surface area contributed by atoms with E-state index in [1.807, 2.05) is 18.2 Å². The third kappa shape index (κ3) is 3.19. The molecule has 2 aromatic rings. The van der Waals surface area contributed by atoms with Crippen LogP contribution in [0.1, 0.15) is 27.0 Å². The molecule has 0 fully saturated rings. The Morgan fingerprint density at radius 3 is 2.30 bits per heavy atom. The van der Waals surface area contributed by atoms with Gasteiger partial charge in [-0.15, -0.1) is 0 Å². The predicted octanol–water partition coefficient (Wildman–Crippen LogP) is 3.33. The van der Waals surface area contributed by atoms with Crippen LogP contribution in [0.2, 0.25) is 0 Å². The van der Waals surface area contributed by atoms with Crippen molar-refractivity contribution in [2.45, 2.75) is 0 Å². The zero-order valence-corrected chi connectivity index (χ0v) is 10.6. The van der Waals surface area contributed by atoms with Gasteiger partial charge in [0.2, 0.25) is 0 Å². The molecule has 0 saturated carbocycles. The lowest BCUT2D eigenvalue weighted by atomic mass is 10.1. The number of hydrogen-bond acceptors (Lipinski definition) is 3. The summed E-state index contributed by atoms with van der Waals surface area (Å²) in [5.74, 6) is -0.142. The number of hydrogen-bond donors (Lipinski definition) is 0. The van der Waals surface area contributed by atoms with Crippen molar-refractivity contribution in [1.29, 1.82) is 10.5 Å². The Hall–Kier alpha value is -3.17. The van der Waals surface area contributed by atoms with Crippen LogP contribution >= 0.6 is 0 Å². The molecule has 0 aromatic heterocycles. The lowest BCUT2D eigenvalue weighted by Crippen LogP contribution is -1.93. The van der Waals surface area contributed by atoms with Crippen molar-refractivity contribution in [1.82, 2.24) is 0 Å². The highest BCUT2D eigenvalue weighted by Crippen LogP contribution is 2.09. The molecule has 0 aliphatic carbocycles. The fraction of sp³-hybridized carbons (Fsp3) is 0. The van der Waals surface area contributed by atoms with E-state index in [2.05, 4.69) is 0 Å². The van der Waals surface area contributed by atoms with Gasteiger partial charge in [0.1, 0.15) is 0 Å². The Kier molecular flexibility index (Phi) is 4.07. The molecule has 0 unspecified atom stereocenters. The highest BCUT2D eigenvalue weighted by atomic mass is 16.1. The van der Waals surface area contributed by atoms with Crippen LogP contribution in [0.15, 0.2) is 54.6 Å². The smallest absolute Gasteiger partial charge is 0.185 e. The number of allylic oxidation sites excluding steroid dienone is 1. The Balaban J connectivity index is 2.16. The standard InChI is InChI=1S/C17H10N2O/c18-11-14-4-7-16(8-5-14)17(20)9-6-13-2-1-3-15(10-13)12-19/h1-10H/b9-6+. The van der Waals surface area contributed by atoms with Crippen LogP contribution in [-0.4, -0.2) is 5.78 Å². The number of carbonyl (C=O) groups is 1. The fourth-order valence-corrected chi connectivity index (χ4v) is 1.69. The molecule has 0 atom stereocenters. The van der Waals surface area contributed by atoms with Crippen molar-refractivity contribution in [3.8, 4) is 12.1 Å². The van der Waals surface area contributed by atoms with Gasteiger partial charge in [-0.2, -0.15) is 10.5 Å². The van der Waals surface area contributed by atoms with E-state index in [9.17, 15) is 4.79 Å². The Morgan fingerprint density at radius 2 is 1.65 bits per heavy atom. The normalized spacial score (nSPS) is 9.90. The number of benzene rings is 2. The molecule has 0 N–H and O–H groups in total. The topological polar surface area (TPSA) is 64.7 Å². The summed E-state index contributed by atoms with van der Waals surface area (Å²) in [6.07, 6.45) is 3.12. The van der Waals surface area contributed by atoms with Crippen LogP contribution in [0.4, 0.5) is 0 Å². The van der Waals surface area contributed by atoms with E-state index in [-0.39, 0.29) is 5.78 Å². The maximum atomic E-state index is 11.9. The van der Waals surface area contributed by atoms with Crippen molar-refractivity contribution >= 4 is 11.9 Å². The Bertz CT molecular complexity index is 744. The molecule has 3 nitrogen and oxygen atoms in total. The third-order valence-electron chi connectivity index (χ3n) is 2.74. The molecule has 2 aromatic carbocycles. The minimum Gasteiger partial charge on any atom is -0.289 e. The van der Waals surface area contributed by atoms with Crippen LogP contribution in [0, 0.1) is 22.7 Å². The zero-order valence-electron chi connectivity index (χ0n) is 10.6. The first-order chi connectivity index (χ1) is 9.72. The van der Waals surface area contributed by atoms with Gasteiger partial charge in [-0.1, -0.05) is 18.2 Å². The minimum atomic E-state index is -0.142. The maximum Gasteiger partial charge on any atom is 0.185 e. The van der Waals surface area contributed by atoms with Gasteiger partial charge in [-0.05, 0) is 48.0 Å². The molecule has 0 radical (unpaired) electrons. The van der Waals surface area contributed by atoms with Gasteiger partial charge in [0.15, 0.2) is 5.78 Å². The monoisotopic (exact) mass is 258 g/mol. The van der Waals surface area contributed by atoms with Crippen LogP contribution in [0.25, 0.3) is 6.08 Å². The third-order valence-corrected chi connectivity index (χ3v) is 2.74. The van der Waals surface area contributed by atoms with E-state index < -0.39 is 0 Å². The first-order valence-corrected chi connectivity index (χ1v) is 5.95. The van der Waals surface area contributed by atoms with Crippen LogP contribution in [0.3, 0.4) is 0 Å². The number of nitrogens with zero attached hydrogens (tertiary/aromatic N) is 2. The van der Waals surface area contributed by atoms with Gasteiger partial charge in [-0.25, -0.2) is 0 Å². The molecule has 0 bridgehead atoms. The molecule has 0 heterocycles. The van der Waals surface area contributed by atoms with E-state index in [0.29, 0.717) is 16.7 Å². The molecule has 0 amide bonds. The molecule has 0 aliphatic heterocycles. The van der Waals surface area contributed by atoms with E-state index in [0.717, 1.165) is 5.56 Å². The van der Waals surface area contributed by atoms with E-state index in [1.54, 1.807) is 48.5 Å². The highest BCUT2D eigenvalue weighted by molar-refractivity contribution is 6.06. The molecule has 94 valence electrons. The van der Waals surface area contributed by atoms with Crippen LogP contribution in [-0.2, 0) is 0 Å². The molecule has 20 heavy (non-hydrogen) atoms. The maximum absolute atomic E-state index is 11.9. The highest BCUT2D eigenvalue weighted by Gasteiger charge is 2.01. The quantitative estimate of drug-likeness (QED) is 0.626. The first kappa shape index (κ1) is 13.3. The zero-order chi connectivity index (χ0) is 14.4. The summed E-state index contributed by atoms with van der Waals surface area (Å²) >= 11 is 0. The summed E-state index contributed by atoms with van der Waals surface area (Å²) in [6, 6.07) is 17.5. The molecule has 2 rings (SSSR count). The fourth-order valence-electron chi connectivity index (χ4n) is 1.69. The number of rotatable bonds is 3. The van der Waals surface area contributed by atoms with Gasteiger partial charge >= 0.3 is 0 Å². The van der Waals surface area contributed by atoms with Gasteiger partial charge in [0.25, 0.3) is 0 Å². The van der Waals surface area contributed by atoms with E-state index in [1.165, 1.54) is 6.08 Å². The van der Waals surface area contributed by atoms with Crippen molar-refractivity contribution in [2.75, 3.05) is 0 Å². The summed E-state index contributed by atoms with van der Waals surface area (Å²) in [7, 11) is 0. The molecular formula is C17H10N2O. The van der Waals surface area contributed by atoms with Crippen LogP contribution < -0.4 is 0 Å². The summed E-state index contributed by atoms with van der Waals surface area (Å²) in [6.45, 7) is 0. The van der Waals surface area contributed by atoms with Gasteiger partial charge in [-0.3, -0.25) is 4.79 Å².